The Morgan fingerprint density at radius 1 is 1.43 bits per heavy atom. The molecular weight excluding hydrogens is 294 g/mol. The van der Waals surface area contributed by atoms with Crippen LogP contribution in [0.3, 0.4) is 0 Å². The number of halogens is 1. The molecule has 0 aliphatic heterocycles. The summed E-state index contributed by atoms with van der Waals surface area (Å²) in [5.41, 5.74) is 7.41. The second kappa shape index (κ2) is 6.32. The van der Waals surface area contributed by atoms with Gasteiger partial charge in [-0.1, -0.05) is 6.42 Å². The largest absolute Gasteiger partial charge is 0.417 e. The first-order chi connectivity index (χ1) is 9.67. The van der Waals surface area contributed by atoms with Gasteiger partial charge >= 0.3 is 5.76 Å². The summed E-state index contributed by atoms with van der Waals surface area (Å²) in [7, 11) is 0. The number of fused-ring (bicyclic) bond motifs is 1. The third kappa shape index (κ3) is 3.11. The molecule has 1 aromatic carbocycles. The average molecular weight is 312 g/mol. The summed E-state index contributed by atoms with van der Waals surface area (Å²) in [5, 5.41) is 2.89. The highest BCUT2D eigenvalue weighted by atomic mass is 35.5. The van der Waals surface area contributed by atoms with Crippen LogP contribution in [0.25, 0.3) is 11.1 Å². The molecule has 7 heteroatoms. The fourth-order valence-electron chi connectivity index (χ4n) is 2.93. The number of hydrogen-bond acceptors (Lipinski definition) is 4. The van der Waals surface area contributed by atoms with E-state index in [-0.39, 0.29) is 30.2 Å². The molecule has 0 unspecified atom stereocenters. The minimum atomic E-state index is -0.498. The lowest BCUT2D eigenvalue weighted by molar-refractivity contribution is -0.120. The van der Waals surface area contributed by atoms with Crippen LogP contribution in [0.1, 0.15) is 19.3 Å². The normalized spacial score (nSPS) is 21.2. The number of aromatic amines is 1. The van der Waals surface area contributed by atoms with E-state index in [1.165, 1.54) is 0 Å². The van der Waals surface area contributed by atoms with Gasteiger partial charge in [0, 0.05) is 11.6 Å². The van der Waals surface area contributed by atoms with E-state index in [4.69, 9.17) is 10.2 Å². The van der Waals surface area contributed by atoms with Gasteiger partial charge in [-0.25, -0.2) is 4.79 Å². The summed E-state index contributed by atoms with van der Waals surface area (Å²) in [5.74, 6) is -0.239. The van der Waals surface area contributed by atoms with E-state index in [1.807, 2.05) is 0 Å². The second-order valence-corrected chi connectivity index (χ2v) is 5.25. The van der Waals surface area contributed by atoms with Gasteiger partial charge in [-0.15, -0.1) is 12.4 Å². The highest BCUT2D eigenvalue weighted by Gasteiger charge is 2.31. The predicted molar refractivity (Wildman–Crippen MR) is 82.6 cm³/mol. The zero-order chi connectivity index (χ0) is 14.1. The van der Waals surface area contributed by atoms with Crippen molar-refractivity contribution < 1.29 is 9.21 Å². The van der Waals surface area contributed by atoms with Crippen LogP contribution in [-0.4, -0.2) is 17.4 Å². The molecule has 21 heavy (non-hydrogen) atoms. The Morgan fingerprint density at radius 3 is 3.00 bits per heavy atom. The highest BCUT2D eigenvalue weighted by molar-refractivity contribution is 5.94. The Labute approximate surface area is 127 Å². The van der Waals surface area contributed by atoms with Crippen molar-refractivity contribution in [2.45, 2.75) is 19.3 Å². The van der Waals surface area contributed by atoms with Crippen LogP contribution in [0.4, 0.5) is 5.69 Å². The number of benzene rings is 1. The monoisotopic (exact) mass is 311 g/mol. The van der Waals surface area contributed by atoms with Crippen molar-refractivity contribution in [1.82, 2.24) is 4.98 Å². The molecule has 0 radical (unpaired) electrons. The molecule has 114 valence electrons. The van der Waals surface area contributed by atoms with Gasteiger partial charge in [-0.3, -0.25) is 9.78 Å². The molecule has 1 aliphatic carbocycles. The SMILES string of the molecule is Cl.NC[C@H]1CCC[C@H]1C(=O)Nc1ccc2oc(=O)[nH]c2c1. The quantitative estimate of drug-likeness (QED) is 0.805. The molecular formula is C14H18ClN3O3. The molecule has 0 saturated heterocycles. The van der Waals surface area contributed by atoms with Crippen LogP contribution < -0.4 is 16.8 Å². The summed E-state index contributed by atoms with van der Waals surface area (Å²) in [4.78, 5) is 25.9. The number of oxazole rings is 1. The number of carbonyl (C=O) groups is 1. The van der Waals surface area contributed by atoms with Crippen molar-refractivity contribution in [2.24, 2.45) is 17.6 Å². The number of aromatic nitrogens is 1. The smallest absolute Gasteiger partial charge is 0.408 e. The maximum absolute atomic E-state index is 12.3. The molecule has 0 bridgehead atoms. The fraction of sp³-hybridized carbons (Fsp3) is 0.429. The first-order valence-corrected chi connectivity index (χ1v) is 6.81. The number of anilines is 1. The molecule has 2 atom stereocenters. The molecule has 1 fully saturated rings. The van der Waals surface area contributed by atoms with Gasteiger partial charge in [0.2, 0.25) is 5.91 Å². The highest BCUT2D eigenvalue weighted by Crippen LogP contribution is 2.32. The topological polar surface area (TPSA) is 101 Å². The van der Waals surface area contributed by atoms with E-state index >= 15 is 0 Å². The van der Waals surface area contributed by atoms with E-state index in [1.54, 1.807) is 18.2 Å². The van der Waals surface area contributed by atoms with Crippen LogP contribution in [0.2, 0.25) is 0 Å². The Balaban J connectivity index is 0.00000161. The van der Waals surface area contributed by atoms with Crippen LogP contribution >= 0.6 is 12.4 Å². The molecule has 1 amide bonds. The number of carbonyl (C=O) groups excluding carboxylic acids is 1. The molecule has 4 N–H and O–H groups in total. The molecule has 1 aliphatic rings. The Kier molecular flexibility index (Phi) is 4.69. The molecule has 0 spiro atoms. The average Bonchev–Trinajstić information content (AvgIpc) is 3.02. The van der Waals surface area contributed by atoms with E-state index in [0.717, 1.165) is 19.3 Å². The second-order valence-electron chi connectivity index (χ2n) is 5.25. The lowest BCUT2D eigenvalue weighted by Gasteiger charge is -2.17. The number of nitrogens with one attached hydrogen (secondary N) is 2. The Hall–Kier alpha value is -1.79. The minimum Gasteiger partial charge on any atom is -0.408 e. The van der Waals surface area contributed by atoms with E-state index in [9.17, 15) is 9.59 Å². The van der Waals surface area contributed by atoms with Crippen LogP contribution in [0, 0.1) is 11.8 Å². The predicted octanol–water partition coefficient (Wildman–Crippen LogP) is 1.86. The van der Waals surface area contributed by atoms with E-state index in [0.29, 0.717) is 23.3 Å². The van der Waals surface area contributed by atoms with Gasteiger partial charge < -0.3 is 15.5 Å². The molecule has 6 nitrogen and oxygen atoms in total. The van der Waals surface area contributed by atoms with Gasteiger partial charge in [-0.05, 0) is 43.5 Å². The summed E-state index contributed by atoms with van der Waals surface area (Å²) in [6.45, 7) is 0.548. The zero-order valence-electron chi connectivity index (χ0n) is 11.4. The number of amides is 1. The summed E-state index contributed by atoms with van der Waals surface area (Å²) in [6, 6.07) is 5.09. The lowest BCUT2D eigenvalue weighted by Crippen LogP contribution is -2.29. The van der Waals surface area contributed by atoms with Crippen molar-refractivity contribution in [2.75, 3.05) is 11.9 Å². The van der Waals surface area contributed by atoms with Gasteiger partial charge in [0.15, 0.2) is 5.58 Å². The van der Waals surface area contributed by atoms with Crippen LogP contribution in [0.15, 0.2) is 27.4 Å². The van der Waals surface area contributed by atoms with Gasteiger partial charge in [0.1, 0.15) is 0 Å². The van der Waals surface area contributed by atoms with Crippen molar-refractivity contribution in [3.05, 3.63) is 28.7 Å². The first-order valence-electron chi connectivity index (χ1n) is 6.81. The standard InChI is InChI=1S/C14H17N3O3.ClH/c15-7-8-2-1-3-10(8)13(18)16-9-4-5-12-11(6-9)17-14(19)20-12;/h4-6,8,10H,1-3,7,15H2,(H,16,18)(H,17,19);1H/t8-,10-;/m1./s1. The lowest BCUT2D eigenvalue weighted by atomic mass is 9.95. The molecule has 3 rings (SSSR count). The number of rotatable bonds is 3. The third-order valence-electron chi connectivity index (χ3n) is 3.99. The third-order valence-corrected chi connectivity index (χ3v) is 3.99. The Bertz CT molecular complexity index is 694. The van der Waals surface area contributed by atoms with E-state index in [2.05, 4.69) is 10.3 Å². The maximum atomic E-state index is 12.3. The zero-order valence-corrected chi connectivity index (χ0v) is 12.2. The molecule has 1 heterocycles. The van der Waals surface area contributed by atoms with Crippen molar-refractivity contribution in [1.29, 1.82) is 0 Å². The van der Waals surface area contributed by atoms with Crippen molar-refractivity contribution in [3.63, 3.8) is 0 Å². The number of hydrogen-bond donors (Lipinski definition) is 3. The fourth-order valence-corrected chi connectivity index (χ4v) is 2.93. The number of nitrogens with two attached hydrogens (primary N) is 1. The van der Waals surface area contributed by atoms with Crippen molar-refractivity contribution >= 4 is 35.1 Å². The van der Waals surface area contributed by atoms with Gasteiger partial charge in [-0.2, -0.15) is 0 Å². The van der Waals surface area contributed by atoms with Gasteiger partial charge in [0.25, 0.3) is 0 Å². The van der Waals surface area contributed by atoms with Crippen molar-refractivity contribution in [3.8, 4) is 0 Å². The Morgan fingerprint density at radius 2 is 2.24 bits per heavy atom. The molecule has 1 aromatic heterocycles. The maximum Gasteiger partial charge on any atom is 0.417 e. The van der Waals surface area contributed by atoms with E-state index < -0.39 is 5.76 Å². The minimum absolute atomic E-state index is 0. The first kappa shape index (κ1) is 15.6. The summed E-state index contributed by atoms with van der Waals surface area (Å²) in [6.07, 6.45) is 2.95. The van der Waals surface area contributed by atoms with Crippen LogP contribution in [-0.2, 0) is 4.79 Å². The van der Waals surface area contributed by atoms with Gasteiger partial charge in [0.05, 0.1) is 5.52 Å². The van der Waals surface area contributed by atoms with Crippen LogP contribution in [0.5, 0.6) is 0 Å². The summed E-state index contributed by atoms with van der Waals surface area (Å²) >= 11 is 0. The summed E-state index contributed by atoms with van der Waals surface area (Å²) < 4.78 is 4.92. The molecule has 1 saturated carbocycles. The molecule has 2 aromatic rings. The number of H-pyrrole nitrogens is 1.